The first-order valence-corrected chi connectivity index (χ1v) is 7.02. The van der Waals surface area contributed by atoms with Gasteiger partial charge < -0.3 is 5.11 Å². The molecule has 1 aliphatic carbocycles. The molecule has 22 heavy (non-hydrogen) atoms. The highest BCUT2D eigenvalue weighted by molar-refractivity contribution is 9.10. The van der Waals surface area contributed by atoms with Crippen LogP contribution in [0.4, 0.5) is 0 Å². The van der Waals surface area contributed by atoms with Crippen molar-refractivity contribution in [1.29, 1.82) is 21.2 Å². The van der Waals surface area contributed by atoms with Crippen LogP contribution in [0.2, 0.25) is 0 Å². The number of fused-ring (bicyclic) bond motifs is 1. The third-order valence-corrected chi connectivity index (χ3v) is 5.12. The van der Waals surface area contributed by atoms with Crippen LogP contribution in [0, 0.1) is 56.2 Å². The zero-order valence-electron chi connectivity index (χ0n) is 11.1. The van der Waals surface area contributed by atoms with E-state index in [0.29, 0.717) is 5.56 Å². The van der Waals surface area contributed by atoms with E-state index in [1.165, 1.54) is 0 Å². The van der Waals surface area contributed by atoms with E-state index < -0.39 is 28.3 Å². The second kappa shape index (κ2) is 4.06. The number of nitrogens with two attached hydrogens (primary N) is 1. The summed E-state index contributed by atoms with van der Waals surface area (Å²) in [4.78, 5) is 0. The summed E-state index contributed by atoms with van der Waals surface area (Å²) in [6.45, 7) is 0. The molecule has 0 radical (unpaired) electrons. The van der Waals surface area contributed by atoms with E-state index in [9.17, 15) is 20.9 Å². The molecule has 3 atom stereocenters. The molecule has 1 aromatic rings. The Balaban J connectivity index is 2.25. The molecule has 0 spiro atoms. The third kappa shape index (κ3) is 1.19. The molecule has 0 amide bonds. The molecule has 1 aromatic carbocycles. The maximum atomic E-state index is 11.1. The Labute approximate surface area is 134 Å². The van der Waals surface area contributed by atoms with Crippen molar-refractivity contribution < 1.29 is 5.11 Å². The van der Waals surface area contributed by atoms with E-state index in [0.717, 1.165) is 9.48 Å². The summed E-state index contributed by atoms with van der Waals surface area (Å²) in [5.74, 6) is 4.29. The molecule has 3 rings (SSSR count). The number of aliphatic hydroxyl groups is 1. The fraction of sp³-hybridized carbons (Fsp3) is 0.286. The smallest absolute Gasteiger partial charge is 0.186 e. The average molecular weight is 357 g/mol. The van der Waals surface area contributed by atoms with Gasteiger partial charge in [-0.2, -0.15) is 15.8 Å². The van der Waals surface area contributed by atoms with Crippen LogP contribution in [-0.2, 0) is 5.72 Å². The Bertz CT molecular complexity index is 802. The summed E-state index contributed by atoms with van der Waals surface area (Å²) < 4.78 is 0.769. The van der Waals surface area contributed by atoms with Gasteiger partial charge in [0.25, 0.3) is 0 Å². The second-order valence-electron chi connectivity index (χ2n) is 5.34. The van der Waals surface area contributed by atoms with E-state index in [4.69, 9.17) is 11.3 Å². The minimum absolute atomic E-state index is 0.317. The molecule has 1 heterocycles. The fourth-order valence-corrected chi connectivity index (χ4v) is 3.70. The van der Waals surface area contributed by atoms with Crippen molar-refractivity contribution in [3.8, 4) is 18.2 Å². The molecule has 1 saturated carbocycles. The molecule has 4 N–H and O–H groups in total. The lowest BCUT2D eigenvalue weighted by molar-refractivity contribution is -0.0929. The maximum Gasteiger partial charge on any atom is 0.186 e. The lowest BCUT2D eigenvalue weighted by Gasteiger charge is -2.35. The first-order valence-electron chi connectivity index (χ1n) is 6.23. The van der Waals surface area contributed by atoms with Crippen LogP contribution in [0.15, 0.2) is 28.7 Å². The fourth-order valence-electron chi connectivity index (χ4n) is 3.44. The standard InChI is InChI=1S/C14H9BrN6O/c15-9-3-1-8(2-4-9)14(22)10-12(5-16,6-17)13(10,7-18)11(19)21(14)20/h1-4,10,19,22H,20H2/t10-,13+,14+/m0/s1. The van der Waals surface area contributed by atoms with Crippen LogP contribution in [0.1, 0.15) is 5.56 Å². The summed E-state index contributed by atoms with van der Waals surface area (Å²) in [6, 6.07) is 12.0. The molecule has 1 saturated heterocycles. The van der Waals surface area contributed by atoms with Crippen LogP contribution in [0.3, 0.4) is 0 Å². The summed E-state index contributed by atoms with van der Waals surface area (Å²) in [5.41, 5.74) is -5.14. The Hall–Kier alpha value is -2.44. The van der Waals surface area contributed by atoms with Crippen molar-refractivity contribution in [3.63, 3.8) is 0 Å². The summed E-state index contributed by atoms with van der Waals surface area (Å²) in [5, 5.41) is 48.2. The highest BCUT2D eigenvalue weighted by atomic mass is 79.9. The number of nitrogens with zero attached hydrogens (tertiary/aromatic N) is 4. The van der Waals surface area contributed by atoms with Gasteiger partial charge in [-0.1, -0.05) is 28.1 Å². The predicted molar refractivity (Wildman–Crippen MR) is 77.0 cm³/mol. The molecule has 7 nitrogen and oxygen atoms in total. The molecule has 2 aliphatic rings. The first kappa shape index (κ1) is 14.5. The van der Waals surface area contributed by atoms with Crippen molar-refractivity contribution in [2.24, 2.45) is 22.6 Å². The molecule has 0 aromatic heterocycles. The maximum absolute atomic E-state index is 11.1. The Kier molecular flexibility index (Phi) is 2.67. The topological polar surface area (TPSA) is 145 Å². The van der Waals surface area contributed by atoms with Gasteiger partial charge in [-0.05, 0) is 12.1 Å². The monoisotopic (exact) mass is 356 g/mol. The molecule has 108 valence electrons. The minimum atomic E-state index is -1.96. The number of amidine groups is 1. The van der Waals surface area contributed by atoms with Gasteiger partial charge in [0, 0.05) is 10.0 Å². The van der Waals surface area contributed by atoms with E-state index in [1.807, 2.05) is 18.2 Å². The van der Waals surface area contributed by atoms with E-state index in [1.54, 1.807) is 24.3 Å². The number of hydrogen-bond donors (Lipinski definition) is 3. The molecular formula is C14H9BrN6O. The molecule has 0 bridgehead atoms. The Morgan fingerprint density at radius 3 is 2.18 bits per heavy atom. The van der Waals surface area contributed by atoms with Gasteiger partial charge in [0.05, 0.1) is 24.1 Å². The third-order valence-electron chi connectivity index (χ3n) is 4.59. The van der Waals surface area contributed by atoms with Gasteiger partial charge in [0.15, 0.2) is 16.6 Å². The number of halogens is 1. The van der Waals surface area contributed by atoms with Crippen LogP contribution in [0.5, 0.6) is 0 Å². The van der Waals surface area contributed by atoms with E-state index >= 15 is 0 Å². The zero-order chi connectivity index (χ0) is 16.3. The van der Waals surface area contributed by atoms with Crippen LogP contribution in [0.25, 0.3) is 0 Å². The Morgan fingerprint density at radius 2 is 1.73 bits per heavy atom. The van der Waals surface area contributed by atoms with Crippen LogP contribution >= 0.6 is 15.9 Å². The van der Waals surface area contributed by atoms with Crippen molar-refractivity contribution in [1.82, 2.24) is 5.01 Å². The zero-order valence-corrected chi connectivity index (χ0v) is 12.7. The predicted octanol–water partition coefficient (Wildman–Crippen LogP) is 0.934. The SMILES string of the molecule is N#CC1(C#N)[C@@H]2[C@](O)(c3ccc(Br)cc3)N(N)C(=N)[C@@]21C#N. The number of piperidine rings is 1. The van der Waals surface area contributed by atoms with Gasteiger partial charge in [-0.15, -0.1) is 0 Å². The van der Waals surface area contributed by atoms with Crippen LogP contribution < -0.4 is 5.84 Å². The summed E-state index contributed by atoms with van der Waals surface area (Å²) >= 11 is 3.27. The lowest BCUT2D eigenvalue weighted by Crippen LogP contribution is -2.53. The van der Waals surface area contributed by atoms with E-state index in [2.05, 4.69) is 15.9 Å². The number of hydrazine groups is 1. The second-order valence-corrected chi connectivity index (χ2v) is 6.25. The van der Waals surface area contributed by atoms with Crippen molar-refractivity contribution in [3.05, 3.63) is 34.3 Å². The number of nitriles is 3. The Morgan fingerprint density at radius 1 is 1.18 bits per heavy atom. The molecule has 0 unspecified atom stereocenters. The van der Waals surface area contributed by atoms with Gasteiger partial charge in [-0.25, -0.2) is 5.84 Å². The van der Waals surface area contributed by atoms with Gasteiger partial charge >= 0.3 is 0 Å². The quantitative estimate of drug-likeness (QED) is 0.638. The van der Waals surface area contributed by atoms with E-state index in [-0.39, 0.29) is 0 Å². The first-order chi connectivity index (χ1) is 10.4. The number of nitrogens with one attached hydrogen (secondary N) is 1. The molecule has 1 aliphatic heterocycles. The lowest BCUT2D eigenvalue weighted by atomic mass is 9.91. The minimum Gasteiger partial charge on any atom is -0.365 e. The normalized spacial score (nSPS) is 34.3. The van der Waals surface area contributed by atoms with Gasteiger partial charge in [0.1, 0.15) is 5.84 Å². The molecular weight excluding hydrogens is 348 g/mol. The van der Waals surface area contributed by atoms with Crippen molar-refractivity contribution in [2.75, 3.05) is 0 Å². The molecule has 8 heteroatoms. The largest absolute Gasteiger partial charge is 0.365 e. The highest BCUT2D eigenvalue weighted by Crippen LogP contribution is 2.78. The van der Waals surface area contributed by atoms with Gasteiger partial charge in [0.2, 0.25) is 0 Å². The van der Waals surface area contributed by atoms with Gasteiger partial charge in [-0.3, -0.25) is 10.4 Å². The summed E-state index contributed by atoms with van der Waals surface area (Å²) in [7, 11) is 0. The highest BCUT2D eigenvalue weighted by Gasteiger charge is 2.93. The van der Waals surface area contributed by atoms with Crippen molar-refractivity contribution >= 4 is 21.8 Å². The average Bonchev–Trinajstić information content (AvgIpc) is 3.12. The van der Waals surface area contributed by atoms with Crippen LogP contribution in [-0.4, -0.2) is 16.0 Å². The van der Waals surface area contributed by atoms with Crippen molar-refractivity contribution in [2.45, 2.75) is 5.72 Å². The number of hydrogen-bond acceptors (Lipinski definition) is 6. The number of rotatable bonds is 1. The summed E-state index contributed by atoms with van der Waals surface area (Å²) in [6.07, 6.45) is 0. The molecule has 2 fully saturated rings. The number of benzene rings is 1.